The maximum absolute atomic E-state index is 2.30. The second-order valence-corrected chi connectivity index (χ2v) is 8.00. The summed E-state index contributed by atoms with van der Waals surface area (Å²) in [7, 11) is 9.38. The number of hydrogen-bond acceptors (Lipinski definition) is 3. The fourth-order valence-electron chi connectivity index (χ4n) is 1.75. The van der Waals surface area contributed by atoms with Gasteiger partial charge in [-0.3, -0.25) is 9.80 Å². The minimum atomic E-state index is 0.545. The van der Waals surface area contributed by atoms with Gasteiger partial charge in [0.25, 0.3) is 0 Å². The fraction of sp³-hybridized carbons (Fsp3) is 1.00. The van der Waals surface area contributed by atoms with Gasteiger partial charge in [-0.2, -0.15) is 0 Å². The molecule has 0 spiro atoms. The Hall–Kier alpha value is 0.620. The summed E-state index contributed by atoms with van der Waals surface area (Å²) in [5.74, 6) is 2.97. The molecule has 4 heteroatoms. The molecular weight excluding hydrogens is 212 g/mol. The summed E-state index contributed by atoms with van der Waals surface area (Å²) in [6.45, 7) is 0. The Bertz CT molecular complexity index is 148. The van der Waals surface area contributed by atoms with Gasteiger partial charge in [0, 0.05) is 0 Å². The van der Waals surface area contributed by atoms with Crippen LogP contribution in [0, 0.1) is 0 Å². The van der Waals surface area contributed by atoms with Gasteiger partial charge in [0.1, 0.15) is 17.0 Å². The van der Waals surface area contributed by atoms with E-state index in [2.05, 4.69) is 49.8 Å². The maximum Gasteiger partial charge on any atom is 0.156 e. The first-order valence-corrected chi connectivity index (χ1v) is 7.98. The zero-order chi connectivity index (χ0) is 10.6. The summed E-state index contributed by atoms with van der Waals surface area (Å²) in [6, 6.07) is 0. The molecular formula is C10H23N2S2+. The molecule has 0 amide bonds. The smallest absolute Gasteiger partial charge is 0.156 e. The second kappa shape index (κ2) is 6.26. The van der Waals surface area contributed by atoms with Crippen molar-refractivity contribution in [3.8, 4) is 0 Å². The first kappa shape index (κ1) is 12.7. The van der Waals surface area contributed by atoms with Gasteiger partial charge >= 0.3 is 0 Å². The van der Waals surface area contributed by atoms with E-state index in [4.69, 9.17) is 0 Å². The van der Waals surface area contributed by atoms with E-state index in [-0.39, 0.29) is 0 Å². The molecule has 1 aliphatic heterocycles. The standard InChI is InChI=1S/C10H23N2S2/c1-11(2)10(12(3)4)13-9-14-7-5-6-8-14/h10H,5-9H2,1-4H3/q+1. The Morgan fingerprint density at radius 2 is 1.57 bits per heavy atom. The Morgan fingerprint density at radius 1 is 1.07 bits per heavy atom. The van der Waals surface area contributed by atoms with Crippen molar-refractivity contribution >= 4 is 22.7 Å². The lowest BCUT2D eigenvalue weighted by molar-refractivity contribution is 0.212. The van der Waals surface area contributed by atoms with Gasteiger partial charge in [0.05, 0.1) is 0 Å². The van der Waals surface area contributed by atoms with E-state index in [1.54, 1.807) is 0 Å². The third-order valence-corrected chi connectivity index (χ3v) is 7.13. The minimum Gasteiger partial charge on any atom is -0.285 e. The monoisotopic (exact) mass is 235 g/mol. The van der Waals surface area contributed by atoms with Crippen LogP contribution in [-0.2, 0) is 10.9 Å². The predicted molar refractivity (Wildman–Crippen MR) is 70.0 cm³/mol. The highest BCUT2D eigenvalue weighted by atomic mass is 32.2. The van der Waals surface area contributed by atoms with E-state index >= 15 is 0 Å². The van der Waals surface area contributed by atoms with Crippen LogP contribution in [0.25, 0.3) is 0 Å². The molecule has 2 nitrogen and oxygen atoms in total. The van der Waals surface area contributed by atoms with Crippen molar-refractivity contribution in [2.75, 3.05) is 44.8 Å². The lowest BCUT2D eigenvalue weighted by atomic mass is 10.4. The van der Waals surface area contributed by atoms with Crippen molar-refractivity contribution in [3.05, 3.63) is 0 Å². The highest BCUT2D eigenvalue weighted by Gasteiger charge is 2.26. The van der Waals surface area contributed by atoms with Crippen LogP contribution in [0.5, 0.6) is 0 Å². The average molecular weight is 235 g/mol. The Labute approximate surface area is 95.8 Å². The highest BCUT2D eigenvalue weighted by Crippen LogP contribution is 2.23. The molecule has 0 radical (unpaired) electrons. The topological polar surface area (TPSA) is 6.48 Å². The molecule has 1 rings (SSSR count). The van der Waals surface area contributed by atoms with Crippen LogP contribution < -0.4 is 0 Å². The predicted octanol–water partition coefficient (Wildman–Crippen LogP) is 1.50. The molecule has 1 heterocycles. The molecule has 1 aliphatic rings. The first-order valence-electron chi connectivity index (χ1n) is 5.20. The van der Waals surface area contributed by atoms with E-state index < -0.39 is 0 Å². The Kier molecular flexibility index (Phi) is 5.67. The van der Waals surface area contributed by atoms with Gasteiger partial charge in [0.2, 0.25) is 0 Å². The van der Waals surface area contributed by atoms with Gasteiger partial charge in [-0.15, -0.1) is 0 Å². The first-order chi connectivity index (χ1) is 6.61. The van der Waals surface area contributed by atoms with Crippen molar-refractivity contribution in [2.45, 2.75) is 18.3 Å². The highest BCUT2D eigenvalue weighted by molar-refractivity contribution is 8.14. The number of hydrogen-bond donors (Lipinski definition) is 0. The average Bonchev–Trinajstić information content (AvgIpc) is 2.55. The number of thioether (sulfide) groups is 1. The van der Waals surface area contributed by atoms with E-state index in [1.807, 2.05) is 0 Å². The molecule has 0 aromatic carbocycles. The summed E-state index contributed by atoms with van der Waals surface area (Å²) in [4.78, 5) is 4.59. The molecule has 1 saturated heterocycles. The molecule has 0 aromatic heterocycles. The van der Waals surface area contributed by atoms with Gasteiger partial charge in [0.15, 0.2) is 5.08 Å². The van der Waals surface area contributed by atoms with Gasteiger partial charge in [-0.25, -0.2) is 0 Å². The van der Waals surface area contributed by atoms with Crippen LogP contribution in [0.2, 0.25) is 0 Å². The molecule has 0 atom stereocenters. The van der Waals surface area contributed by atoms with Gasteiger partial charge in [-0.05, 0) is 51.9 Å². The lowest BCUT2D eigenvalue weighted by Gasteiger charge is -2.28. The lowest BCUT2D eigenvalue weighted by Crippen LogP contribution is -2.38. The van der Waals surface area contributed by atoms with E-state index in [0.29, 0.717) is 5.50 Å². The number of nitrogens with zero attached hydrogens (tertiary/aromatic N) is 2. The molecule has 0 aromatic rings. The molecule has 14 heavy (non-hydrogen) atoms. The van der Waals surface area contributed by atoms with Crippen LogP contribution in [0.1, 0.15) is 12.8 Å². The molecule has 0 aliphatic carbocycles. The molecule has 0 N–H and O–H groups in total. The third kappa shape index (κ3) is 4.01. The quantitative estimate of drug-likeness (QED) is 0.527. The van der Waals surface area contributed by atoms with Crippen molar-refractivity contribution in [2.24, 2.45) is 0 Å². The van der Waals surface area contributed by atoms with E-state index in [1.165, 1.54) is 29.4 Å². The Morgan fingerprint density at radius 3 is 2.00 bits per heavy atom. The van der Waals surface area contributed by atoms with E-state index in [0.717, 1.165) is 10.9 Å². The summed E-state index contributed by atoms with van der Waals surface area (Å²) in [6.07, 6.45) is 2.94. The summed E-state index contributed by atoms with van der Waals surface area (Å²) < 4.78 is 0. The number of rotatable bonds is 5. The van der Waals surface area contributed by atoms with Gasteiger partial charge < -0.3 is 0 Å². The summed E-state index contributed by atoms with van der Waals surface area (Å²) in [5, 5.41) is 1.36. The molecule has 0 saturated carbocycles. The van der Waals surface area contributed by atoms with Crippen molar-refractivity contribution < 1.29 is 0 Å². The van der Waals surface area contributed by atoms with Crippen LogP contribution in [0.15, 0.2) is 0 Å². The SMILES string of the molecule is CN(C)C(SC[S+]1CCCC1)N(C)C. The zero-order valence-electron chi connectivity index (χ0n) is 9.82. The maximum atomic E-state index is 2.30. The van der Waals surface area contributed by atoms with Crippen molar-refractivity contribution in [1.82, 2.24) is 9.80 Å². The van der Waals surface area contributed by atoms with E-state index in [9.17, 15) is 0 Å². The molecule has 0 unspecified atom stereocenters. The normalized spacial score (nSPS) is 19.1. The largest absolute Gasteiger partial charge is 0.285 e. The minimum absolute atomic E-state index is 0.545. The van der Waals surface area contributed by atoms with Crippen molar-refractivity contribution in [1.29, 1.82) is 0 Å². The van der Waals surface area contributed by atoms with Crippen LogP contribution in [0.3, 0.4) is 0 Å². The van der Waals surface area contributed by atoms with Crippen LogP contribution in [-0.4, -0.2) is 60.1 Å². The van der Waals surface area contributed by atoms with Crippen LogP contribution in [0.4, 0.5) is 0 Å². The molecule has 1 fully saturated rings. The second-order valence-electron chi connectivity index (χ2n) is 4.27. The zero-order valence-corrected chi connectivity index (χ0v) is 11.5. The molecule has 0 bridgehead atoms. The van der Waals surface area contributed by atoms with Crippen molar-refractivity contribution in [3.63, 3.8) is 0 Å². The summed E-state index contributed by atoms with van der Waals surface area (Å²) >= 11 is 2.10. The third-order valence-electron chi connectivity index (χ3n) is 2.38. The fourth-order valence-corrected chi connectivity index (χ4v) is 5.97. The van der Waals surface area contributed by atoms with Crippen LogP contribution >= 0.6 is 11.8 Å². The Balaban J connectivity index is 2.25. The summed E-state index contributed by atoms with van der Waals surface area (Å²) in [5.41, 5.74) is 0.545. The van der Waals surface area contributed by atoms with Gasteiger partial charge in [-0.1, -0.05) is 11.8 Å². The molecule has 84 valence electrons.